The molecule has 4 aromatic rings. The van der Waals surface area contributed by atoms with Crippen LogP contribution >= 0.6 is 22.9 Å². The van der Waals surface area contributed by atoms with E-state index in [0.29, 0.717) is 35.3 Å². The van der Waals surface area contributed by atoms with Crippen LogP contribution in [0.15, 0.2) is 53.0 Å². The van der Waals surface area contributed by atoms with Crippen LogP contribution in [0.5, 0.6) is 0 Å². The molecule has 1 aliphatic heterocycles. The van der Waals surface area contributed by atoms with E-state index in [0.717, 1.165) is 17.2 Å². The number of aromatic nitrogens is 3. The fraction of sp³-hybridized carbons (Fsp3) is 0.292. The molecular formula is C24H24ClFN6O3S2. The van der Waals surface area contributed by atoms with E-state index in [2.05, 4.69) is 14.7 Å². The zero-order valence-corrected chi connectivity index (χ0v) is 22.4. The number of sulfonamides is 1. The molecule has 0 radical (unpaired) electrons. The highest BCUT2D eigenvalue weighted by Gasteiger charge is 2.35. The topological polar surface area (TPSA) is 100 Å². The van der Waals surface area contributed by atoms with Gasteiger partial charge in [-0.3, -0.25) is 4.79 Å². The van der Waals surface area contributed by atoms with Crippen molar-refractivity contribution >= 4 is 54.8 Å². The number of nitrogens with zero attached hydrogens (tertiary/aromatic N) is 5. The first-order chi connectivity index (χ1) is 17.6. The van der Waals surface area contributed by atoms with Crippen LogP contribution in [-0.2, 0) is 21.4 Å². The van der Waals surface area contributed by atoms with Gasteiger partial charge >= 0.3 is 0 Å². The third-order valence-corrected chi connectivity index (χ3v) is 9.24. The van der Waals surface area contributed by atoms with Gasteiger partial charge in [-0.15, -0.1) is 11.3 Å². The first kappa shape index (κ1) is 25.7. The minimum atomic E-state index is -4.00. The van der Waals surface area contributed by atoms with Crippen LogP contribution in [0.1, 0.15) is 18.7 Å². The Kier molecular flexibility index (Phi) is 7.03. The van der Waals surface area contributed by atoms with Crippen LogP contribution in [0.25, 0.3) is 15.9 Å². The minimum absolute atomic E-state index is 0.0339. The molecule has 0 aliphatic carbocycles. The van der Waals surface area contributed by atoms with Crippen molar-refractivity contribution in [3.63, 3.8) is 0 Å². The summed E-state index contributed by atoms with van der Waals surface area (Å²) in [5, 5.41) is 0.260. The molecule has 1 fully saturated rings. The number of hydrogen-bond acceptors (Lipinski definition) is 7. The number of nitrogens with one attached hydrogen (secondary N) is 1. The highest BCUT2D eigenvalue weighted by atomic mass is 35.5. The summed E-state index contributed by atoms with van der Waals surface area (Å²) in [6.07, 6.45) is 4.22. The van der Waals surface area contributed by atoms with E-state index < -0.39 is 27.8 Å². The molecule has 3 aromatic heterocycles. The van der Waals surface area contributed by atoms with Gasteiger partial charge in [-0.2, -0.15) is 4.72 Å². The Labute approximate surface area is 222 Å². The molecule has 1 saturated heterocycles. The van der Waals surface area contributed by atoms with E-state index in [1.165, 1.54) is 17.0 Å². The van der Waals surface area contributed by atoms with Gasteiger partial charge in [0.1, 0.15) is 27.0 Å². The molecule has 0 saturated carbocycles. The Hall–Kier alpha value is -2.90. The summed E-state index contributed by atoms with van der Waals surface area (Å²) in [6, 6.07) is 8.31. The van der Waals surface area contributed by atoms with Crippen LogP contribution in [0, 0.1) is 5.82 Å². The smallest absolute Gasteiger partial charge is 0.250 e. The third-order valence-electron chi connectivity index (χ3n) is 5.99. The van der Waals surface area contributed by atoms with Crippen LogP contribution in [-0.4, -0.2) is 60.4 Å². The van der Waals surface area contributed by atoms with Crippen molar-refractivity contribution in [2.45, 2.75) is 29.6 Å². The molecule has 1 aromatic carbocycles. The van der Waals surface area contributed by atoms with Gasteiger partial charge in [0, 0.05) is 30.7 Å². The molecule has 4 heterocycles. The number of benzene rings is 1. The fourth-order valence-corrected chi connectivity index (χ4v) is 7.03. The average molecular weight is 563 g/mol. The standard InChI is InChI=1S/C24H24ClFN6O3S2/c1-30(2)14-22-27-9-11-31(22)15-5-6-19(16(26)12-15)32-10-3-4-17(24(32)33)29-37(34,35)23-13-18-20(36-23)7-8-21(25)28-18/h5-9,11-13,17,29H,3-4,10,14H2,1-2H3. The van der Waals surface area contributed by atoms with E-state index in [1.807, 2.05) is 19.0 Å². The molecule has 1 aliphatic rings. The lowest BCUT2D eigenvalue weighted by atomic mass is 10.0. The van der Waals surface area contributed by atoms with E-state index in [1.54, 1.807) is 41.2 Å². The Morgan fingerprint density at radius 1 is 1.24 bits per heavy atom. The molecule has 1 amide bonds. The van der Waals surface area contributed by atoms with E-state index >= 15 is 4.39 Å². The van der Waals surface area contributed by atoms with Gasteiger partial charge in [-0.25, -0.2) is 22.8 Å². The fourth-order valence-electron chi connectivity index (χ4n) is 4.31. The maximum Gasteiger partial charge on any atom is 0.250 e. The predicted molar refractivity (Wildman–Crippen MR) is 141 cm³/mol. The van der Waals surface area contributed by atoms with Crippen LogP contribution in [0.2, 0.25) is 5.15 Å². The molecular weight excluding hydrogens is 539 g/mol. The van der Waals surface area contributed by atoms with Crippen molar-refractivity contribution in [3.8, 4) is 5.69 Å². The van der Waals surface area contributed by atoms with Gasteiger partial charge in [0.25, 0.3) is 10.0 Å². The summed E-state index contributed by atoms with van der Waals surface area (Å²) in [5.74, 6) is -0.328. The number of anilines is 1. The number of thiophene rings is 1. The number of carbonyl (C=O) groups is 1. The monoisotopic (exact) mass is 562 g/mol. The first-order valence-corrected chi connectivity index (χ1v) is 14.2. The number of hydrogen-bond donors (Lipinski definition) is 1. The maximum atomic E-state index is 15.3. The number of amides is 1. The molecule has 194 valence electrons. The second-order valence-corrected chi connectivity index (χ2v) is 12.4. The lowest BCUT2D eigenvalue weighted by Gasteiger charge is -2.32. The highest BCUT2D eigenvalue weighted by Crippen LogP contribution is 2.31. The van der Waals surface area contributed by atoms with Gasteiger partial charge in [0.05, 0.1) is 22.4 Å². The van der Waals surface area contributed by atoms with Crippen LogP contribution in [0.3, 0.4) is 0 Å². The Morgan fingerprint density at radius 2 is 2.05 bits per heavy atom. The van der Waals surface area contributed by atoms with Gasteiger partial charge in [0.2, 0.25) is 5.91 Å². The van der Waals surface area contributed by atoms with E-state index in [9.17, 15) is 13.2 Å². The molecule has 1 unspecified atom stereocenters. The summed E-state index contributed by atoms with van der Waals surface area (Å²) in [5.41, 5.74) is 1.15. The van der Waals surface area contributed by atoms with Crippen molar-refractivity contribution in [3.05, 3.63) is 65.6 Å². The molecule has 37 heavy (non-hydrogen) atoms. The lowest BCUT2D eigenvalue weighted by molar-refractivity contribution is -0.121. The molecule has 5 rings (SSSR count). The quantitative estimate of drug-likeness (QED) is 0.344. The summed E-state index contributed by atoms with van der Waals surface area (Å²) in [4.78, 5) is 25.0. The Morgan fingerprint density at radius 3 is 2.81 bits per heavy atom. The van der Waals surface area contributed by atoms with E-state index in [4.69, 9.17) is 11.6 Å². The summed E-state index contributed by atoms with van der Waals surface area (Å²) in [6.45, 7) is 0.862. The molecule has 13 heteroatoms. The van der Waals surface area contributed by atoms with Crippen molar-refractivity contribution in [2.24, 2.45) is 0 Å². The summed E-state index contributed by atoms with van der Waals surface area (Å²) in [7, 11) is -0.166. The second kappa shape index (κ2) is 10.1. The van der Waals surface area contributed by atoms with Crippen LogP contribution in [0.4, 0.5) is 10.1 Å². The van der Waals surface area contributed by atoms with Gasteiger partial charge in [-0.05, 0) is 57.3 Å². The number of pyridine rings is 1. The van der Waals surface area contributed by atoms with Gasteiger partial charge in [0.15, 0.2) is 0 Å². The summed E-state index contributed by atoms with van der Waals surface area (Å²) >= 11 is 6.95. The van der Waals surface area contributed by atoms with Gasteiger partial charge in [-0.1, -0.05) is 11.6 Å². The molecule has 1 N–H and O–H groups in total. The Bertz CT molecular complexity index is 1590. The Balaban J connectivity index is 1.36. The average Bonchev–Trinajstić information content (AvgIpc) is 3.47. The number of imidazole rings is 1. The number of halogens is 2. The molecule has 0 bridgehead atoms. The lowest BCUT2D eigenvalue weighted by Crippen LogP contribution is -2.52. The normalized spacial score (nSPS) is 16.7. The number of carbonyl (C=O) groups excluding carboxylic acids is 1. The maximum absolute atomic E-state index is 15.3. The van der Waals surface area contributed by atoms with Crippen molar-refractivity contribution in [2.75, 3.05) is 25.5 Å². The number of fused-ring (bicyclic) bond motifs is 1. The third kappa shape index (κ3) is 5.25. The van der Waals surface area contributed by atoms with Gasteiger partial charge < -0.3 is 14.4 Å². The van der Waals surface area contributed by atoms with E-state index in [-0.39, 0.29) is 21.6 Å². The van der Waals surface area contributed by atoms with Crippen molar-refractivity contribution in [1.82, 2.24) is 24.2 Å². The number of rotatable bonds is 7. The summed E-state index contributed by atoms with van der Waals surface area (Å²) < 4.78 is 46.4. The predicted octanol–water partition coefficient (Wildman–Crippen LogP) is 3.81. The number of piperidine rings is 1. The first-order valence-electron chi connectivity index (χ1n) is 11.5. The zero-order valence-electron chi connectivity index (χ0n) is 20.1. The second-order valence-electron chi connectivity index (χ2n) is 8.98. The van der Waals surface area contributed by atoms with Crippen LogP contribution < -0.4 is 9.62 Å². The molecule has 9 nitrogen and oxygen atoms in total. The minimum Gasteiger partial charge on any atom is -0.308 e. The molecule has 0 spiro atoms. The van der Waals surface area contributed by atoms with Crippen molar-refractivity contribution < 1.29 is 17.6 Å². The highest BCUT2D eigenvalue weighted by molar-refractivity contribution is 7.91. The SMILES string of the molecule is CN(C)Cc1nccn1-c1ccc(N2CCCC(NS(=O)(=O)c3cc4nc(Cl)ccc4s3)C2=O)c(F)c1. The molecule has 1 atom stereocenters. The van der Waals surface area contributed by atoms with Crippen molar-refractivity contribution in [1.29, 1.82) is 0 Å². The largest absolute Gasteiger partial charge is 0.308 e. The zero-order chi connectivity index (χ0) is 26.3.